The number of Topliss-reactive ketones (excluding diaryl/α,β-unsaturated/α-hetero) is 1. The van der Waals surface area contributed by atoms with E-state index in [1.807, 2.05) is 34.9 Å². The van der Waals surface area contributed by atoms with Gasteiger partial charge in [-0.2, -0.15) is 0 Å². The summed E-state index contributed by atoms with van der Waals surface area (Å²) in [6, 6.07) is 16.3. The summed E-state index contributed by atoms with van der Waals surface area (Å²) in [5.74, 6) is -3.44. The molecule has 5 aromatic rings. The van der Waals surface area contributed by atoms with Crippen molar-refractivity contribution in [2.24, 2.45) is 0 Å². The third-order valence-electron chi connectivity index (χ3n) is 5.98. The lowest BCUT2D eigenvalue weighted by molar-refractivity contribution is 0.0694. The van der Waals surface area contributed by atoms with Gasteiger partial charge in [0.05, 0.1) is 16.4 Å². The fourth-order valence-electron chi connectivity index (χ4n) is 4.40. The molecule has 0 saturated carbocycles. The molecular formula is C27H18F2N2O4. The Morgan fingerprint density at radius 2 is 1.66 bits per heavy atom. The van der Waals surface area contributed by atoms with Crippen LogP contribution in [-0.2, 0) is 6.54 Å². The number of hydrogen-bond acceptors (Lipinski definition) is 3. The number of hydrogen-bond donors (Lipinski definition) is 1. The van der Waals surface area contributed by atoms with Gasteiger partial charge in [-0.25, -0.2) is 13.6 Å². The van der Waals surface area contributed by atoms with Crippen LogP contribution in [0.5, 0.6) is 0 Å². The number of nitrogens with zero attached hydrogens (tertiary/aromatic N) is 2. The van der Waals surface area contributed by atoms with Crippen LogP contribution in [0.25, 0.3) is 27.5 Å². The molecular weight excluding hydrogens is 454 g/mol. The number of carbonyl (C=O) groups excluding carboxylic acids is 1. The van der Waals surface area contributed by atoms with Gasteiger partial charge in [0.2, 0.25) is 5.43 Å². The highest BCUT2D eigenvalue weighted by Crippen LogP contribution is 2.26. The van der Waals surface area contributed by atoms with Crippen molar-refractivity contribution in [3.63, 3.8) is 0 Å². The first-order chi connectivity index (χ1) is 16.8. The molecule has 0 aliphatic carbocycles. The van der Waals surface area contributed by atoms with Gasteiger partial charge in [0.1, 0.15) is 17.2 Å². The molecule has 0 spiro atoms. The van der Waals surface area contributed by atoms with E-state index in [1.165, 1.54) is 11.5 Å². The molecule has 0 atom stereocenters. The smallest absolute Gasteiger partial charge is 0.341 e. The standard InChI is InChI=1S/C27H18F2N2O4/c1-15(32)19-14-31(23-8-3-2-7-18(19)23)17-6-4-5-16(11-17)12-30-13-20(27(34)35)26(33)24-21(28)9-10-22(29)25(24)30/h2-11,13-14H,12H2,1H3,(H,34,35). The van der Waals surface area contributed by atoms with Crippen LogP contribution < -0.4 is 5.43 Å². The Balaban J connectivity index is 1.67. The lowest BCUT2D eigenvalue weighted by Gasteiger charge is -2.15. The first-order valence-corrected chi connectivity index (χ1v) is 10.7. The molecule has 174 valence electrons. The van der Waals surface area contributed by atoms with E-state index in [9.17, 15) is 28.3 Å². The number of fused-ring (bicyclic) bond motifs is 2. The molecule has 6 nitrogen and oxygen atoms in total. The third kappa shape index (κ3) is 3.69. The maximum atomic E-state index is 14.7. The molecule has 8 heteroatoms. The van der Waals surface area contributed by atoms with E-state index >= 15 is 0 Å². The zero-order valence-corrected chi connectivity index (χ0v) is 18.5. The Bertz CT molecular complexity index is 1730. The average molecular weight is 472 g/mol. The fourth-order valence-corrected chi connectivity index (χ4v) is 4.40. The van der Waals surface area contributed by atoms with E-state index in [-0.39, 0.29) is 17.8 Å². The van der Waals surface area contributed by atoms with Crippen LogP contribution in [0.2, 0.25) is 0 Å². The van der Waals surface area contributed by atoms with Crippen LogP contribution >= 0.6 is 0 Å². The van der Waals surface area contributed by atoms with E-state index in [0.29, 0.717) is 11.1 Å². The summed E-state index contributed by atoms with van der Waals surface area (Å²) < 4.78 is 32.3. The van der Waals surface area contributed by atoms with Gasteiger partial charge < -0.3 is 14.2 Å². The van der Waals surface area contributed by atoms with E-state index < -0.39 is 34.0 Å². The van der Waals surface area contributed by atoms with Crippen LogP contribution in [0.15, 0.2) is 77.9 Å². The summed E-state index contributed by atoms with van der Waals surface area (Å²) in [5.41, 5.74) is 0.726. The number of aromatic carboxylic acids is 1. The van der Waals surface area contributed by atoms with Gasteiger partial charge in [0.25, 0.3) is 0 Å². The van der Waals surface area contributed by atoms with Crippen molar-refractivity contribution < 1.29 is 23.5 Å². The minimum atomic E-state index is -1.53. The predicted octanol–water partition coefficient (Wildman–Crippen LogP) is 5.17. The summed E-state index contributed by atoms with van der Waals surface area (Å²) in [4.78, 5) is 36.3. The maximum absolute atomic E-state index is 14.7. The number of pyridine rings is 1. The molecule has 1 N–H and O–H groups in total. The van der Waals surface area contributed by atoms with Crippen molar-refractivity contribution in [2.45, 2.75) is 13.5 Å². The Hall–Kier alpha value is -4.59. The van der Waals surface area contributed by atoms with Crippen molar-refractivity contribution in [1.29, 1.82) is 0 Å². The third-order valence-corrected chi connectivity index (χ3v) is 5.98. The average Bonchev–Trinajstić information content (AvgIpc) is 3.23. The van der Waals surface area contributed by atoms with Gasteiger partial charge >= 0.3 is 5.97 Å². The number of carboxylic acid groups (broad SMARTS) is 1. The second-order valence-electron chi connectivity index (χ2n) is 8.21. The number of aromatic nitrogens is 2. The largest absolute Gasteiger partial charge is 0.477 e. The van der Waals surface area contributed by atoms with Gasteiger partial charge in [0, 0.05) is 35.6 Å². The van der Waals surface area contributed by atoms with E-state index in [0.717, 1.165) is 34.9 Å². The minimum Gasteiger partial charge on any atom is -0.477 e. The van der Waals surface area contributed by atoms with Crippen LogP contribution in [-0.4, -0.2) is 26.0 Å². The molecule has 0 bridgehead atoms. The van der Waals surface area contributed by atoms with Crippen LogP contribution in [0, 0.1) is 11.6 Å². The molecule has 2 heterocycles. The molecule has 0 saturated heterocycles. The first-order valence-electron chi connectivity index (χ1n) is 10.7. The molecule has 35 heavy (non-hydrogen) atoms. The monoisotopic (exact) mass is 472 g/mol. The highest BCUT2D eigenvalue weighted by atomic mass is 19.1. The Kier molecular flexibility index (Phi) is 5.28. The second-order valence-corrected chi connectivity index (χ2v) is 8.21. The topological polar surface area (TPSA) is 81.3 Å². The van der Waals surface area contributed by atoms with E-state index in [1.54, 1.807) is 24.4 Å². The van der Waals surface area contributed by atoms with Gasteiger partial charge in [-0.15, -0.1) is 0 Å². The second kappa shape index (κ2) is 8.32. The quantitative estimate of drug-likeness (QED) is 0.358. The van der Waals surface area contributed by atoms with Gasteiger partial charge in [0.15, 0.2) is 5.78 Å². The number of carbonyl (C=O) groups is 2. The summed E-state index contributed by atoms with van der Waals surface area (Å²) in [5, 5.41) is 9.65. The predicted molar refractivity (Wildman–Crippen MR) is 127 cm³/mol. The zero-order chi connectivity index (χ0) is 24.9. The number of rotatable bonds is 5. The van der Waals surface area contributed by atoms with Crippen molar-refractivity contribution in [3.05, 3.63) is 112 Å². The SMILES string of the molecule is CC(=O)c1cn(-c2cccc(Cn3cc(C(=O)O)c(=O)c4c(F)ccc(F)c43)c2)c2ccccc12. The summed E-state index contributed by atoms with van der Waals surface area (Å²) >= 11 is 0. The van der Waals surface area contributed by atoms with Crippen LogP contribution in [0.1, 0.15) is 33.2 Å². The number of para-hydroxylation sites is 1. The molecule has 0 fully saturated rings. The minimum absolute atomic E-state index is 0.0238. The zero-order valence-electron chi connectivity index (χ0n) is 18.5. The van der Waals surface area contributed by atoms with Crippen molar-refractivity contribution >= 4 is 33.6 Å². The molecule has 5 rings (SSSR count). The Morgan fingerprint density at radius 3 is 2.40 bits per heavy atom. The lowest BCUT2D eigenvalue weighted by atomic mass is 10.1. The van der Waals surface area contributed by atoms with Gasteiger partial charge in [-0.1, -0.05) is 30.3 Å². The fraction of sp³-hybridized carbons (Fsp3) is 0.0741. The van der Waals surface area contributed by atoms with Crippen molar-refractivity contribution in [1.82, 2.24) is 9.13 Å². The number of halogens is 2. The molecule has 3 aromatic carbocycles. The van der Waals surface area contributed by atoms with Crippen LogP contribution in [0.3, 0.4) is 0 Å². The lowest BCUT2D eigenvalue weighted by Crippen LogP contribution is -2.21. The molecule has 0 radical (unpaired) electrons. The van der Waals surface area contributed by atoms with Gasteiger partial charge in [-0.05, 0) is 42.8 Å². The Morgan fingerprint density at radius 1 is 0.914 bits per heavy atom. The number of ketones is 1. The van der Waals surface area contributed by atoms with E-state index in [2.05, 4.69) is 0 Å². The number of carboxylic acids is 1. The highest BCUT2D eigenvalue weighted by molar-refractivity contribution is 6.07. The van der Waals surface area contributed by atoms with Crippen molar-refractivity contribution in [2.75, 3.05) is 0 Å². The molecule has 0 unspecified atom stereocenters. The van der Waals surface area contributed by atoms with Gasteiger partial charge in [-0.3, -0.25) is 9.59 Å². The summed E-state index contributed by atoms with van der Waals surface area (Å²) in [7, 11) is 0. The summed E-state index contributed by atoms with van der Waals surface area (Å²) in [6.07, 6.45) is 2.78. The van der Waals surface area contributed by atoms with Crippen LogP contribution in [0.4, 0.5) is 8.78 Å². The van der Waals surface area contributed by atoms with Crippen molar-refractivity contribution in [3.8, 4) is 5.69 Å². The number of benzene rings is 3. The molecule has 0 aliphatic rings. The molecule has 2 aromatic heterocycles. The first kappa shape index (κ1) is 22.2. The molecule has 0 amide bonds. The highest BCUT2D eigenvalue weighted by Gasteiger charge is 2.20. The molecule has 0 aliphatic heterocycles. The Labute approximate surface area is 197 Å². The maximum Gasteiger partial charge on any atom is 0.341 e. The van der Waals surface area contributed by atoms with E-state index in [4.69, 9.17) is 0 Å². The summed E-state index contributed by atoms with van der Waals surface area (Å²) in [6.45, 7) is 1.47. The normalized spacial score (nSPS) is 11.3.